The van der Waals surface area contributed by atoms with Crippen molar-refractivity contribution in [3.05, 3.63) is 94.9 Å². The first-order valence-corrected chi connectivity index (χ1v) is 14.7. The number of nitrogens with zero attached hydrogens (tertiary/aromatic N) is 2. The highest BCUT2D eigenvalue weighted by Gasteiger charge is 2.56. The molecule has 2 atom stereocenters. The topological polar surface area (TPSA) is 74.9 Å². The van der Waals surface area contributed by atoms with Crippen molar-refractivity contribution >= 4 is 22.7 Å². The van der Waals surface area contributed by atoms with Crippen LogP contribution in [-0.4, -0.2) is 59.4 Å². The summed E-state index contributed by atoms with van der Waals surface area (Å²) < 4.78 is 25.3. The van der Waals surface area contributed by atoms with E-state index < -0.39 is 5.54 Å². The standard InChI is InChI=1S/C34H36FN3O4/c1-4-18-42-28-15-12-23(19-29(28)41-5-2)26-20-38-30(39)21-37(17-16-22-10-13-24(35)14-11-22)33(40)34(38,3)32-31(26)25-8-6-7-9-27(25)36-32/h6-15,19,26,36H,4-5,16-18,20-21H2,1-3H3/t26-,34+/m1/s1. The quantitative estimate of drug-likeness (QED) is 0.278. The number of halogens is 1. The number of benzene rings is 3. The molecule has 8 heteroatoms. The number of aromatic nitrogens is 1. The lowest BCUT2D eigenvalue weighted by Gasteiger charge is -2.51. The number of hydrogen-bond donors (Lipinski definition) is 1. The number of aromatic amines is 1. The van der Waals surface area contributed by atoms with Crippen LogP contribution in [0.2, 0.25) is 0 Å². The van der Waals surface area contributed by atoms with Crippen LogP contribution >= 0.6 is 0 Å². The van der Waals surface area contributed by atoms with Crippen molar-refractivity contribution in [1.82, 2.24) is 14.8 Å². The van der Waals surface area contributed by atoms with Gasteiger partial charge < -0.3 is 24.3 Å². The summed E-state index contributed by atoms with van der Waals surface area (Å²) in [5.41, 5.74) is 3.41. The van der Waals surface area contributed by atoms with Gasteiger partial charge in [0.1, 0.15) is 5.82 Å². The monoisotopic (exact) mass is 569 g/mol. The number of H-pyrrole nitrogens is 1. The van der Waals surface area contributed by atoms with Gasteiger partial charge in [0.2, 0.25) is 5.91 Å². The third kappa shape index (κ3) is 4.68. The summed E-state index contributed by atoms with van der Waals surface area (Å²) in [4.78, 5) is 35.0. The third-order valence-electron chi connectivity index (χ3n) is 8.53. The number of piperazine rings is 1. The Morgan fingerprint density at radius 3 is 2.55 bits per heavy atom. The van der Waals surface area contributed by atoms with Crippen molar-refractivity contribution in [3.8, 4) is 11.5 Å². The summed E-state index contributed by atoms with van der Waals surface area (Å²) in [5.74, 6) is 0.679. The Kier molecular flexibility index (Phi) is 7.39. The first-order valence-electron chi connectivity index (χ1n) is 14.7. The second kappa shape index (κ2) is 11.2. The van der Waals surface area contributed by atoms with Gasteiger partial charge in [-0.2, -0.15) is 0 Å². The zero-order valence-corrected chi connectivity index (χ0v) is 24.3. The molecule has 2 aliphatic rings. The van der Waals surface area contributed by atoms with Gasteiger partial charge in [0, 0.05) is 29.9 Å². The average Bonchev–Trinajstić information content (AvgIpc) is 3.39. The van der Waals surface area contributed by atoms with E-state index in [0.717, 1.165) is 39.7 Å². The Morgan fingerprint density at radius 1 is 1.00 bits per heavy atom. The molecule has 6 rings (SSSR count). The van der Waals surface area contributed by atoms with Crippen LogP contribution in [0.3, 0.4) is 0 Å². The highest BCUT2D eigenvalue weighted by molar-refractivity contribution is 6.01. The zero-order valence-electron chi connectivity index (χ0n) is 24.3. The summed E-state index contributed by atoms with van der Waals surface area (Å²) in [6, 6.07) is 20.3. The van der Waals surface area contributed by atoms with Crippen molar-refractivity contribution in [2.24, 2.45) is 0 Å². The molecule has 7 nitrogen and oxygen atoms in total. The molecule has 0 unspecified atom stereocenters. The van der Waals surface area contributed by atoms with Gasteiger partial charge in [0.25, 0.3) is 5.91 Å². The molecule has 4 aromatic rings. The van der Waals surface area contributed by atoms with Crippen LogP contribution < -0.4 is 9.47 Å². The van der Waals surface area contributed by atoms with Crippen molar-refractivity contribution in [3.63, 3.8) is 0 Å². The average molecular weight is 570 g/mol. The third-order valence-corrected chi connectivity index (χ3v) is 8.53. The summed E-state index contributed by atoms with van der Waals surface area (Å²) in [5, 5.41) is 1.03. The predicted octanol–water partition coefficient (Wildman–Crippen LogP) is 5.77. The van der Waals surface area contributed by atoms with Crippen molar-refractivity contribution in [2.75, 3.05) is 32.8 Å². The van der Waals surface area contributed by atoms with Gasteiger partial charge in [-0.3, -0.25) is 9.59 Å². The van der Waals surface area contributed by atoms with Gasteiger partial charge >= 0.3 is 0 Å². The van der Waals surface area contributed by atoms with E-state index in [4.69, 9.17) is 9.47 Å². The Morgan fingerprint density at radius 2 is 1.79 bits per heavy atom. The number of ether oxygens (including phenoxy) is 2. The molecule has 1 saturated heterocycles. The molecular formula is C34H36FN3O4. The van der Waals surface area contributed by atoms with Gasteiger partial charge in [-0.15, -0.1) is 0 Å². The summed E-state index contributed by atoms with van der Waals surface area (Å²) in [6.07, 6.45) is 1.42. The summed E-state index contributed by atoms with van der Waals surface area (Å²) in [6.45, 7) is 7.70. The molecule has 0 saturated carbocycles. The van der Waals surface area contributed by atoms with E-state index in [0.29, 0.717) is 44.2 Å². The Balaban J connectivity index is 1.41. The van der Waals surface area contributed by atoms with E-state index >= 15 is 0 Å². The minimum Gasteiger partial charge on any atom is -0.490 e. The van der Waals surface area contributed by atoms with Crippen LogP contribution in [0.5, 0.6) is 11.5 Å². The normalized spacial score (nSPS) is 20.0. The zero-order chi connectivity index (χ0) is 29.4. The van der Waals surface area contributed by atoms with Crippen LogP contribution in [0, 0.1) is 5.82 Å². The maximum atomic E-state index is 14.3. The van der Waals surface area contributed by atoms with E-state index in [-0.39, 0.29) is 30.1 Å². The molecule has 42 heavy (non-hydrogen) atoms. The highest BCUT2D eigenvalue weighted by Crippen LogP contribution is 2.49. The van der Waals surface area contributed by atoms with Crippen molar-refractivity contribution in [2.45, 2.75) is 45.1 Å². The summed E-state index contributed by atoms with van der Waals surface area (Å²) in [7, 11) is 0. The molecule has 1 aromatic heterocycles. The molecule has 1 fully saturated rings. The fourth-order valence-corrected chi connectivity index (χ4v) is 6.41. The molecule has 1 N–H and O–H groups in total. The first-order chi connectivity index (χ1) is 20.3. The number of para-hydroxylation sites is 1. The van der Waals surface area contributed by atoms with E-state index in [1.807, 2.05) is 50.2 Å². The fraction of sp³-hybridized carbons (Fsp3) is 0.353. The van der Waals surface area contributed by atoms with E-state index in [1.54, 1.807) is 21.9 Å². The molecule has 3 heterocycles. The fourth-order valence-electron chi connectivity index (χ4n) is 6.41. The van der Waals surface area contributed by atoms with Crippen molar-refractivity contribution in [1.29, 1.82) is 0 Å². The molecule has 218 valence electrons. The van der Waals surface area contributed by atoms with E-state index in [1.165, 1.54) is 12.1 Å². The minimum absolute atomic E-state index is 0.00584. The Labute approximate surface area is 245 Å². The van der Waals surface area contributed by atoms with Crippen LogP contribution in [0.1, 0.15) is 55.5 Å². The number of carbonyl (C=O) groups is 2. The van der Waals surface area contributed by atoms with E-state index in [9.17, 15) is 14.0 Å². The van der Waals surface area contributed by atoms with E-state index in [2.05, 4.69) is 18.0 Å². The number of nitrogens with one attached hydrogen (secondary N) is 1. The van der Waals surface area contributed by atoms with Crippen LogP contribution in [0.15, 0.2) is 66.7 Å². The Bertz CT molecular complexity index is 1630. The lowest BCUT2D eigenvalue weighted by atomic mass is 9.76. The van der Waals surface area contributed by atoms with Gasteiger partial charge in [-0.1, -0.05) is 43.3 Å². The van der Waals surface area contributed by atoms with Crippen molar-refractivity contribution < 1.29 is 23.5 Å². The SMILES string of the molecule is CCCOc1ccc([C@H]2CN3C(=O)CN(CCc4ccc(F)cc4)C(=O)[C@]3(C)c3[nH]c4ccccc4c32)cc1OCC. The molecule has 0 aliphatic carbocycles. The number of carbonyl (C=O) groups excluding carboxylic acids is 2. The minimum atomic E-state index is -1.18. The maximum absolute atomic E-state index is 14.3. The largest absolute Gasteiger partial charge is 0.490 e. The molecular weight excluding hydrogens is 533 g/mol. The number of fused-ring (bicyclic) bond motifs is 5. The lowest BCUT2D eigenvalue weighted by molar-refractivity contribution is -0.166. The number of hydrogen-bond acceptors (Lipinski definition) is 4. The number of amides is 2. The van der Waals surface area contributed by atoms with Gasteiger partial charge in [0.05, 0.1) is 25.5 Å². The smallest absolute Gasteiger partial charge is 0.254 e. The summed E-state index contributed by atoms with van der Waals surface area (Å²) >= 11 is 0. The first kappa shape index (κ1) is 27.8. The predicted molar refractivity (Wildman–Crippen MR) is 159 cm³/mol. The van der Waals surface area contributed by atoms with Gasteiger partial charge in [-0.25, -0.2) is 4.39 Å². The Hall–Kier alpha value is -4.33. The maximum Gasteiger partial charge on any atom is 0.254 e. The number of rotatable bonds is 9. The van der Waals surface area contributed by atoms with Crippen LogP contribution in [-0.2, 0) is 21.5 Å². The van der Waals surface area contributed by atoms with Crippen LogP contribution in [0.25, 0.3) is 10.9 Å². The second-order valence-corrected chi connectivity index (χ2v) is 11.2. The highest BCUT2D eigenvalue weighted by atomic mass is 19.1. The molecule has 3 aromatic carbocycles. The molecule has 0 radical (unpaired) electrons. The van der Waals surface area contributed by atoms with Gasteiger partial charge in [-0.05, 0) is 73.7 Å². The molecule has 0 spiro atoms. The second-order valence-electron chi connectivity index (χ2n) is 11.2. The molecule has 2 amide bonds. The lowest BCUT2D eigenvalue weighted by Crippen LogP contribution is -2.67. The molecule has 0 bridgehead atoms. The molecule has 2 aliphatic heterocycles. The van der Waals surface area contributed by atoms with Gasteiger partial charge in [0.15, 0.2) is 17.0 Å². The van der Waals surface area contributed by atoms with Crippen LogP contribution in [0.4, 0.5) is 4.39 Å².